The molecule has 1 aliphatic rings. The van der Waals surface area contributed by atoms with Crippen LogP contribution in [0, 0.1) is 0 Å². The summed E-state index contributed by atoms with van der Waals surface area (Å²) in [5, 5.41) is 0. The van der Waals surface area contributed by atoms with E-state index in [4.69, 9.17) is 4.74 Å². The molecule has 0 bridgehead atoms. The number of carbonyl (C=O) groups excluding carboxylic acids is 1. The number of esters is 1. The molecule has 2 atom stereocenters. The summed E-state index contributed by atoms with van der Waals surface area (Å²) in [6.07, 6.45) is 2.22. The zero-order valence-corrected chi connectivity index (χ0v) is 9.25. The second kappa shape index (κ2) is 4.13. The van der Waals surface area contributed by atoms with E-state index >= 15 is 0 Å². The molecule has 0 spiro atoms. The van der Waals surface area contributed by atoms with Crippen LogP contribution in [0.1, 0.15) is 27.2 Å². The Bertz CT molecular complexity index is 235. The minimum absolute atomic E-state index is 0.293. The van der Waals surface area contributed by atoms with Crippen molar-refractivity contribution in [1.82, 2.24) is 4.90 Å². The highest BCUT2D eigenvalue weighted by Crippen LogP contribution is 2.34. The average molecular weight is 197 g/mol. The monoisotopic (exact) mass is 197 g/mol. The quantitative estimate of drug-likeness (QED) is 0.381. The zero-order valence-electron chi connectivity index (χ0n) is 9.25. The smallest absolute Gasteiger partial charge is 0.330 e. The fraction of sp³-hybridized carbons (Fsp3) is 0.727. The summed E-state index contributed by atoms with van der Waals surface area (Å²) >= 11 is 0. The van der Waals surface area contributed by atoms with Crippen LogP contribution < -0.4 is 0 Å². The first kappa shape index (κ1) is 11.2. The molecule has 0 amide bonds. The van der Waals surface area contributed by atoms with Crippen molar-refractivity contribution < 1.29 is 9.53 Å². The molecule has 14 heavy (non-hydrogen) atoms. The second-order valence-corrected chi connectivity index (χ2v) is 4.34. The van der Waals surface area contributed by atoms with Crippen molar-refractivity contribution in [3.63, 3.8) is 0 Å². The minimum atomic E-state index is -0.330. The molecule has 1 aliphatic heterocycles. The van der Waals surface area contributed by atoms with E-state index in [9.17, 15) is 4.79 Å². The van der Waals surface area contributed by atoms with Crippen molar-refractivity contribution in [3.05, 3.63) is 12.7 Å². The molecular weight excluding hydrogens is 178 g/mol. The summed E-state index contributed by atoms with van der Waals surface area (Å²) in [6, 6.07) is 0.355. The van der Waals surface area contributed by atoms with E-state index in [-0.39, 0.29) is 5.97 Å². The van der Waals surface area contributed by atoms with Gasteiger partial charge in [-0.3, -0.25) is 4.90 Å². The third-order valence-electron chi connectivity index (χ3n) is 2.73. The molecular formula is C11H19NO2. The van der Waals surface area contributed by atoms with Gasteiger partial charge in [-0.1, -0.05) is 13.5 Å². The number of rotatable bonds is 5. The summed E-state index contributed by atoms with van der Waals surface area (Å²) in [5.74, 6) is -0.330. The van der Waals surface area contributed by atoms with Gasteiger partial charge in [0.15, 0.2) is 0 Å². The normalized spacial score (nSPS) is 25.2. The highest BCUT2D eigenvalue weighted by atomic mass is 16.5. The van der Waals surface area contributed by atoms with E-state index in [0.29, 0.717) is 18.2 Å². The third-order valence-corrected chi connectivity index (χ3v) is 2.73. The number of carbonyl (C=O) groups is 1. The molecule has 1 fully saturated rings. The van der Waals surface area contributed by atoms with E-state index in [2.05, 4.69) is 32.3 Å². The predicted molar refractivity (Wildman–Crippen MR) is 56.0 cm³/mol. The van der Waals surface area contributed by atoms with Crippen molar-refractivity contribution >= 4 is 5.97 Å². The maximum atomic E-state index is 10.9. The van der Waals surface area contributed by atoms with Gasteiger partial charge in [0.2, 0.25) is 0 Å². The van der Waals surface area contributed by atoms with Crippen molar-refractivity contribution in [1.29, 1.82) is 0 Å². The van der Waals surface area contributed by atoms with Crippen LogP contribution in [0.15, 0.2) is 12.7 Å². The lowest BCUT2D eigenvalue weighted by atomic mass is 10.2. The van der Waals surface area contributed by atoms with E-state index in [1.807, 2.05) is 0 Å². The molecule has 2 unspecified atom stereocenters. The highest BCUT2D eigenvalue weighted by Gasteiger charge is 2.46. The van der Waals surface area contributed by atoms with E-state index in [1.54, 1.807) is 0 Å². The molecule has 0 aromatic carbocycles. The molecule has 0 radical (unpaired) electrons. The van der Waals surface area contributed by atoms with Gasteiger partial charge in [0.1, 0.15) is 6.61 Å². The lowest BCUT2D eigenvalue weighted by Crippen LogP contribution is -2.29. The number of ether oxygens (including phenoxy) is 1. The Balaban J connectivity index is 2.34. The van der Waals surface area contributed by atoms with Crippen LogP contribution in [-0.4, -0.2) is 35.6 Å². The predicted octanol–water partition coefficient (Wildman–Crippen LogP) is 1.59. The fourth-order valence-electron chi connectivity index (χ4n) is 1.67. The Kier molecular flexibility index (Phi) is 3.32. The lowest BCUT2D eigenvalue weighted by molar-refractivity contribution is -0.139. The number of hydrogen-bond donors (Lipinski definition) is 0. The summed E-state index contributed by atoms with van der Waals surface area (Å²) in [4.78, 5) is 13.2. The van der Waals surface area contributed by atoms with Crippen molar-refractivity contribution in [2.24, 2.45) is 0 Å². The molecule has 80 valence electrons. The van der Waals surface area contributed by atoms with Crippen molar-refractivity contribution in [3.8, 4) is 0 Å². The Hall–Kier alpha value is -0.830. The van der Waals surface area contributed by atoms with Gasteiger partial charge in [-0.15, -0.1) is 0 Å². The number of nitrogens with zero attached hydrogens (tertiary/aromatic N) is 1. The third kappa shape index (κ3) is 2.58. The summed E-state index contributed by atoms with van der Waals surface area (Å²) in [7, 11) is 0. The molecule has 0 aromatic heterocycles. The van der Waals surface area contributed by atoms with Gasteiger partial charge in [-0.25, -0.2) is 4.79 Å². The van der Waals surface area contributed by atoms with Gasteiger partial charge in [0.05, 0.1) is 0 Å². The van der Waals surface area contributed by atoms with E-state index < -0.39 is 0 Å². The molecule has 0 aliphatic carbocycles. The topological polar surface area (TPSA) is 29.3 Å². The maximum Gasteiger partial charge on any atom is 0.330 e. The Morgan fingerprint density at radius 3 is 2.64 bits per heavy atom. The van der Waals surface area contributed by atoms with Crippen LogP contribution in [0.4, 0.5) is 0 Å². The van der Waals surface area contributed by atoms with Gasteiger partial charge in [0, 0.05) is 24.2 Å². The van der Waals surface area contributed by atoms with Gasteiger partial charge in [-0.2, -0.15) is 0 Å². The average Bonchev–Trinajstić information content (AvgIpc) is 2.76. The fourth-order valence-corrected chi connectivity index (χ4v) is 1.67. The van der Waals surface area contributed by atoms with Crippen LogP contribution in [0.5, 0.6) is 0 Å². The molecule has 1 heterocycles. The molecule has 0 N–H and O–H groups in total. The highest BCUT2D eigenvalue weighted by molar-refractivity contribution is 5.81. The second-order valence-electron chi connectivity index (χ2n) is 4.34. The van der Waals surface area contributed by atoms with Crippen LogP contribution in [0.3, 0.4) is 0 Å². The molecule has 3 nitrogen and oxygen atoms in total. The largest absolute Gasteiger partial charge is 0.461 e. The summed E-state index contributed by atoms with van der Waals surface area (Å²) in [6.45, 7) is 11.4. The van der Waals surface area contributed by atoms with Crippen LogP contribution in [-0.2, 0) is 9.53 Å². The van der Waals surface area contributed by atoms with Crippen molar-refractivity contribution in [2.75, 3.05) is 13.2 Å². The van der Waals surface area contributed by atoms with E-state index in [1.165, 1.54) is 6.08 Å². The first-order chi connectivity index (χ1) is 6.51. The number of hydrogen-bond acceptors (Lipinski definition) is 3. The van der Waals surface area contributed by atoms with Crippen LogP contribution >= 0.6 is 0 Å². The van der Waals surface area contributed by atoms with E-state index in [0.717, 1.165) is 13.0 Å². The Morgan fingerprint density at radius 1 is 1.71 bits per heavy atom. The SMILES string of the molecule is C=CC(=O)OCC(CC)N1CC1(C)C. The Labute approximate surface area is 85.7 Å². The van der Waals surface area contributed by atoms with Gasteiger partial charge >= 0.3 is 5.97 Å². The maximum absolute atomic E-state index is 10.9. The molecule has 3 heteroatoms. The van der Waals surface area contributed by atoms with Gasteiger partial charge in [-0.05, 0) is 20.3 Å². The van der Waals surface area contributed by atoms with Gasteiger partial charge in [0.25, 0.3) is 0 Å². The molecule has 0 aromatic rings. The lowest BCUT2D eigenvalue weighted by Gasteiger charge is -2.18. The summed E-state index contributed by atoms with van der Waals surface area (Å²) in [5.41, 5.74) is 0.293. The minimum Gasteiger partial charge on any atom is -0.461 e. The van der Waals surface area contributed by atoms with Gasteiger partial charge < -0.3 is 4.74 Å². The Morgan fingerprint density at radius 2 is 2.29 bits per heavy atom. The van der Waals surface area contributed by atoms with Crippen molar-refractivity contribution in [2.45, 2.75) is 38.8 Å². The molecule has 1 rings (SSSR count). The first-order valence-electron chi connectivity index (χ1n) is 5.07. The first-order valence-corrected chi connectivity index (χ1v) is 5.07. The zero-order chi connectivity index (χ0) is 10.8. The molecule has 1 saturated heterocycles. The van der Waals surface area contributed by atoms with Crippen LogP contribution in [0.2, 0.25) is 0 Å². The molecule has 0 saturated carbocycles. The standard InChI is InChI=1S/C11H19NO2/c1-5-9(7-14-10(13)6-2)12-8-11(12,3)4/h6,9H,2,5,7-8H2,1,3-4H3. The summed E-state index contributed by atoms with van der Waals surface area (Å²) < 4.78 is 5.04. The van der Waals surface area contributed by atoms with Crippen LogP contribution in [0.25, 0.3) is 0 Å².